The van der Waals surface area contributed by atoms with Crippen LogP contribution in [0.15, 0.2) is 60.9 Å². The monoisotopic (exact) mass is 450 g/mol. The van der Waals surface area contributed by atoms with E-state index in [4.69, 9.17) is 4.42 Å². The van der Waals surface area contributed by atoms with E-state index in [0.717, 1.165) is 15.4 Å². The molecule has 24 heavy (non-hydrogen) atoms. The number of phenols is 1. The van der Waals surface area contributed by atoms with Crippen molar-refractivity contribution in [2.24, 2.45) is 5.10 Å². The molecule has 2 N–H and O–H groups in total. The Morgan fingerprint density at radius 2 is 1.96 bits per heavy atom. The van der Waals surface area contributed by atoms with Gasteiger partial charge in [-0.2, -0.15) is 5.10 Å². The van der Waals surface area contributed by atoms with Crippen LogP contribution in [0, 0.1) is 0 Å². The maximum absolute atomic E-state index is 12.2. The number of phenolic OH excluding ortho intramolecular Hbond substituents is 1. The molecule has 0 aliphatic heterocycles. The predicted octanol–water partition coefficient (Wildman–Crippen LogP) is 4.82. The highest BCUT2D eigenvalue weighted by atomic mass is 79.9. The van der Waals surface area contributed by atoms with Crippen LogP contribution in [0.4, 0.5) is 0 Å². The molecule has 0 bridgehead atoms. The number of aromatic hydroxyl groups is 1. The summed E-state index contributed by atoms with van der Waals surface area (Å²) in [6.07, 6.45) is 0. The number of hydrogen-bond acceptors (Lipinski definition) is 4. The van der Waals surface area contributed by atoms with E-state index in [9.17, 15) is 9.90 Å². The second-order valence-electron chi connectivity index (χ2n) is 5.10. The molecular weight excluding hydrogens is 440 g/mol. The molecule has 0 saturated heterocycles. The molecule has 3 rings (SSSR count). The van der Waals surface area contributed by atoms with Crippen LogP contribution in [0.2, 0.25) is 0 Å². The zero-order chi connectivity index (χ0) is 17.3. The largest absolute Gasteiger partial charge is 0.507 e. The molecule has 122 valence electrons. The van der Waals surface area contributed by atoms with Gasteiger partial charge in [0, 0.05) is 9.86 Å². The number of rotatable bonds is 3. The van der Waals surface area contributed by atoms with Crippen LogP contribution in [0.25, 0.3) is 11.0 Å². The predicted molar refractivity (Wildman–Crippen MR) is 99.4 cm³/mol. The Balaban J connectivity index is 1.78. The number of carbonyl (C=O) groups is 1. The molecule has 0 fully saturated rings. The van der Waals surface area contributed by atoms with Crippen molar-refractivity contribution in [1.29, 1.82) is 0 Å². The zero-order valence-corrected chi connectivity index (χ0v) is 15.7. The van der Waals surface area contributed by atoms with E-state index in [1.54, 1.807) is 37.3 Å². The molecule has 1 aromatic heterocycles. The fraction of sp³-hybridized carbons (Fsp3) is 0.0588. The van der Waals surface area contributed by atoms with Gasteiger partial charge in [0.2, 0.25) is 0 Å². The number of fused-ring (bicyclic) bond motifs is 1. The van der Waals surface area contributed by atoms with E-state index >= 15 is 0 Å². The zero-order valence-electron chi connectivity index (χ0n) is 12.5. The SMILES string of the molecule is CC(=NNC(=O)c1cc2cc(Br)ccc2o1)c1ccc(O)c(Br)c1. The second kappa shape index (κ2) is 6.78. The summed E-state index contributed by atoms with van der Waals surface area (Å²) in [5, 5.41) is 14.4. The van der Waals surface area contributed by atoms with Gasteiger partial charge in [0.05, 0.1) is 10.2 Å². The summed E-state index contributed by atoms with van der Waals surface area (Å²) >= 11 is 6.62. The number of halogens is 2. The Kier molecular flexibility index (Phi) is 4.73. The number of hydrazone groups is 1. The maximum Gasteiger partial charge on any atom is 0.307 e. The van der Waals surface area contributed by atoms with Crippen molar-refractivity contribution in [3.8, 4) is 5.75 Å². The average molecular weight is 452 g/mol. The van der Waals surface area contributed by atoms with E-state index in [2.05, 4.69) is 42.4 Å². The van der Waals surface area contributed by atoms with Gasteiger partial charge in [0.1, 0.15) is 11.3 Å². The maximum atomic E-state index is 12.2. The minimum atomic E-state index is -0.431. The Morgan fingerprint density at radius 1 is 1.17 bits per heavy atom. The van der Waals surface area contributed by atoms with E-state index in [1.807, 2.05) is 12.1 Å². The second-order valence-corrected chi connectivity index (χ2v) is 6.87. The summed E-state index contributed by atoms with van der Waals surface area (Å²) in [4.78, 5) is 12.2. The third kappa shape index (κ3) is 3.52. The topological polar surface area (TPSA) is 74.8 Å². The van der Waals surface area contributed by atoms with Crippen molar-refractivity contribution in [2.75, 3.05) is 0 Å². The molecule has 0 aliphatic rings. The lowest BCUT2D eigenvalue weighted by Gasteiger charge is -2.03. The number of furan rings is 1. The van der Waals surface area contributed by atoms with Crippen molar-refractivity contribution in [3.63, 3.8) is 0 Å². The Labute approximate surface area is 154 Å². The number of hydrogen-bond donors (Lipinski definition) is 2. The molecule has 7 heteroatoms. The van der Waals surface area contributed by atoms with Gasteiger partial charge in [-0.3, -0.25) is 4.79 Å². The van der Waals surface area contributed by atoms with Crippen LogP contribution >= 0.6 is 31.9 Å². The van der Waals surface area contributed by atoms with Gasteiger partial charge >= 0.3 is 5.91 Å². The first kappa shape index (κ1) is 16.7. The molecule has 2 aromatic carbocycles. The third-order valence-electron chi connectivity index (χ3n) is 3.39. The first-order chi connectivity index (χ1) is 11.4. The molecule has 0 atom stereocenters. The lowest BCUT2D eigenvalue weighted by atomic mass is 10.1. The lowest BCUT2D eigenvalue weighted by Crippen LogP contribution is -2.18. The van der Waals surface area contributed by atoms with Crippen molar-refractivity contribution < 1.29 is 14.3 Å². The lowest BCUT2D eigenvalue weighted by molar-refractivity contribution is 0.0929. The van der Waals surface area contributed by atoms with E-state index in [0.29, 0.717) is 15.8 Å². The van der Waals surface area contributed by atoms with Gasteiger partial charge in [-0.05, 0) is 70.9 Å². The molecule has 0 unspecified atom stereocenters. The highest BCUT2D eigenvalue weighted by Gasteiger charge is 2.12. The molecule has 3 aromatic rings. The summed E-state index contributed by atoms with van der Waals surface area (Å²) in [7, 11) is 0. The van der Waals surface area contributed by atoms with Crippen LogP contribution in [-0.2, 0) is 0 Å². The van der Waals surface area contributed by atoms with Gasteiger partial charge in [0.15, 0.2) is 5.76 Å². The smallest absolute Gasteiger partial charge is 0.307 e. The Hall–Kier alpha value is -2.12. The van der Waals surface area contributed by atoms with Crippen LogP contribution in [0.1, 0.15) is 23.0 Å². The highest BCUT2D eigenvalue weighted by Crippen LogP contribution is 2.25. The third-order valence-corrected chi connectivity index (χ3v) is 4.52. The quantitative estimate of drug-likeness (QED) is 0.442. The van der Waals surface area contributed by atoms with Crippen molar-refractivity contribution in [2.45, 2.75) is 6.92 Å². The summed E-state index contributed by atoms with van der Waals surface area (Å²) in [5.41, 5.74) is 4.48. The minimum Gasteiger partial charge on any atom is -0.507 e. The molecule has 1 amide bonds. The Morgan fingerprint density at radius 3 is 2.71 bits per heavy atom. The number of amides is 1. The summed E-state index contributed by atoms with van der Waals surface area (Å²) in [6.45, 7) is 1.76. The number of nitrogens with zero attached hydrogens (tertiary/aromatic N) is 1. The van der Waals surface area contributed by atoms with Gasteiger partial charge in [-0.15, -0.1) is 0 Å². The standard InChI is InChI=1S/C17H12Br2N2O3/c1-9(10-2-4-14(22)13(19)7-10)20-21-17(23)16-8-11-6-12(18)3-5-15(11)24-16/h2-8,22H,1H3,(H,21,23). The molecule has 0 aliphatic carbocycles. The normalized spacial score (nSPS) is 11.7. The van der Waals surface area contributed by atoms with Crippen LogP contribution in [0.3, 0.4) is 0 Å². The molecule has 5 nitrogen and oxygen atoms in total. The number of carbonyl (C=O) groups excluding carboxylic acids is 1. The van der Waals surface area contributed by atoms with Crippen molar-refractivity contribution in [1.82, 2.24) is 5.43 Å². The molecule has 0 saturated carbocycles. The number of nitrogens with one attached hydrogen (secondary N) is 1. The van der Waals surface area contributed by atoms with Crippen molar-refractivity contribution >= 4 is 54.4 Å². The fourth-order valence-corrected chi connectivity index (χ4v) is 2.87. The van der Waals surface area contributed by atoms with E-state index < -0.39 is 5.91 Å². The molecular formula is C17H12Br2N2O3. The van der Waals surface area contributed by atoms with Gasteiger partial charge in [-0.25, -0.2) is 5.43 Å². The summed E-state index contributed by atoms with van der Waals surface area (Å²) in [5.74, 6) is -0.102. The van der Waals surface area contributed by atoms with Gasteiger partial charge in [-0.1, -0.05) is 15.9 Å². The molecule has 1 heterocycles. The Bertz CT molecular complexity index is 964. The van der Waals surface area contributed by atoms with Gasteiger partial charge in [0.25, 0.3) is 0 Å². The first-order valence-corrected chi connectivity index (χ1v) is 8.55. The molecule has 0 spiro atoms. The van der Waals surface area contributed by atoms with E-state index in [1.165, 1.54) is 0 Å². The summed E-state index contributed by atoms with van der Waals surface area (Å²) in [6, 6.07) is 12.2. The minimum absolute atomic E-state index is 0.143. The molecule has 0 radical (unpaired) electrons. The van der Waals surface area contributed by atoms with Gasteiger partial charge < -0.3 is 9.52 Å². The number of benzene rings is 2. The van der Waals surface area contributed by atoms with Crippen LogP contribution < -0.4 is 5.43 Å². The van der Waals surface area contributed by atoms with Crippen molar-refractivity contribution in [3.05, 3.63) is 62.7 Å². The average Bonchev–Trinajstić information content (AvgIpc) is 2.98. The first-order valence-electron chi connectivity index (χ1n) is 6.96. The van der Waals surface area contributed by atoms with Crippen LogP contribution in [-0.4, -0.2) is 16.7 Å². The van der Waals surface area contributed by atoms with E-state index in [-0.39, 0.29) is 11.5 Å². The van der Waals surface area contributed by atoms with Crippen LogP contribution in [0.5, 0.6) is 5.75 Å². The highest BCUT2D eigenvalue weighted by molar-refractivity contribution is 9.10. The fourth-order valence-electron chi connectivity index (χ4n) is 2.11. The summed E-state index contributed by atoms with van der Waals surface area (Å²) < 4.78 is 6.99.